The first-order valence-corrected chi connectivity index (χ1v) is 7.51. The van der Waals surface area contributed by atoms with Crippen molar-refractivity contribution >= 4 is 0 Å². The lowest BCUT2D eigenvalue weighted by molar-refractivity contribution is 0.130. The highest BCUT2D eigenvalue weighted by atomic mass is 15.2. The molecule has 2 heteroatoms. The van der Waals surface area contributed by atoms with Gasteiger partial charge in [0, 0.05) is 19.1 Å². The Balaban J connectivity index is 1.90. The van der Waals surface area contributed by atoms with Crippen LogP contribution in [0, 0.1) is 11.3 Å². The molecule has 1 saturated carbocycles. The summed E-state index contributed by atoms with van der Waals surface area (Å²) in [6.07, 6.45) is 8.84. The van der Waals surface area contributed by atoms with Gasteiger partial charge in [0.1, 0.15) is 0 Å². The monoisotopic (exact) mass is 238 g/mol. The van der Waals surface area contributed by atoms with Crippen LogP contribution in [-0.4, -0.2) is 37.6 Å². The maximum atomic E-state index is 3.34. The highest BCUT2D eigenvalue weighted by Crippen LogP contribution is 2.36. The van der Waals surface area contributed by atoms with Gasteiger partial charge in [0.25, 0.3) is 0 Å². The highest BCUT2D eigenvalue weighted by Gasteiger charge is 2.35. The molecule has 1 atom stereocenters. The molecular weight excluding hydrogens is 208 g/mol. The second kappa shape index (κ2) is 5.71. The van der Waals surface area contributed by atoms with Crippen molar-refractivity contribution in [2.24, 2.45) is 11.3 Å². The summed E-state index contributed by atoms with van der Waals surface area (Å²) in [7, 11) is 2.07. The normalized spacial score (nSPS) is 28.1. The first-order valence-electron chi connectivity index (χ1n) is 7.51. The van der Waals surface area contributed by atoms with Crippen molar-refractivity contribution in [1.29, 1.82) is 0 Å². The van der Waals surface area contributed by atoms with E-state index in [-0.39, 0.29) is 0 Å². The Kier molecular flexibility index (Phi) is 4.48. The van der Waals surface area contributed by atoms with Gasteiger partial charge in [-0.15, -0.1) is 0 Å². The molecule has 0 aromatic rings. The summed E-state index contributed by atoms with van der Waals surface area (Å²) in [6, 6.07) is 0.911. The Morgan fingerprint density at radius 3 is 2.47 bits per heavy atom. The van der Waals surface area contributed by atoms with E-state index in [1.54, 1.807) is 0 Å². The second-order valence-electron chi connectivity index (χ2n) is 6.92. The van der Waals surface area contributed by atoms with Crippen molar-refractivity contribution in [1.82, 2.24) is 10.2 Å². The minimum Gasteiger partial charge on any atom is -0.319 e. The van der Waals surface area contributed by atoms with E-state index in [1.807, 2.05) is 0 Å². The number of likely N-dealkylation sites (tertiary alicyclic amines) is 1. The van der Waals surface area contributed by atoms with Crippen molar-refractivity contribution in [3.63, 3.8) is 0 Å². The van der Waals surface area contributed by atoms with E-state index in [9.17, 15) is 0 Å². The number of rotatable bonds is 5. The number of nitrogens with zero attached hydrogens (tertiary/aromatic N) is 1. The molecule has 100 valence electrons. The van der Waals surface area contributed by atoms with Gasteiger partial charge < -0.3 is 5.32 Å². The predicted molar refractivity (Wildman–Crippen MR) is 74.3 cm³/mol. The van der Waals surface area contributed by atoms with Gasteiger partial charge >= 0.3 is 0 Å². The smallest absolute Gasteiger partial charge is 0.0124 e. The van der Waals surface area contributed by atoms with Crippen LogP contribution in [0.4, 0.5) is 0 Å². The summed E-state index contributed by atoms with van der Waals surface area (Å²) >= 11 is 0. The molecule has 2 fully saturated rings. The zero-order valence-corrected chi connectivity index (χ0v) is 12.0. The molecule has 0 aromatic heterocycles. The van der Waals surface area contributed by atoms with Gasteiger partial charge in [-0.2, -0.15) is 0 Å². The SMILES string of the molecule is CNCC(C)(C)CN1CCCC1C1CCCC1. The number of nitrogens with one attached hydrogen (secondary N) is 1. The number of hydrogen-bond acceptors (Lipinski definition) is 2. The summed E-state index contributed by atoms with van der Waals surface area (Å²) in [4.78, 5) is 2.80. The molecular formula is C15H30N2. The molecule has 2 nitrogen and oxygen atoms in total. The zero-order chi connectivity index (χ0) is 12.3. The van der Waals surface area contributed by atoms with Gasteiger partial charge in [-0.1, -0.05) is 26.7 Å². The molecule has 0 amide bonds. The summed E-state index contributed by atoms with van der Waals surface area (Å²) in [5, 5.41) is 3.34. The van der Waals surface area contributed by atoms with Crippen LogP contribution in [0.25, 0.3) is 0 Å². The van der Waals surface area contributed by atoms with E-state index in [2.05, 4.69) is 31.1 Å². The molecule has 2 aliphatic rings. The van der Waals surface area contributed by atoms with E-state index in [0.717, 1.165) is 18.5 Å². The molecule has 1 aliphatic heterocycles. The standard InChI is InChI=1S/C15H30N2/c1-15(2,11-16-3)12-17-10-6-9-14(17)13-7-4-5-8-13/h13-14,16H,4-12H2,1-3H3. The van der Waals surface area contributed by atoms with Gasteiger partial charge in [0.2, 0.25) is 0 Å². The maximum Gasteiger partial charge on any atom is 0.0124 e. The summed E-state index contributed by atoms with van der Waals surface area (Å²) in [6.45, 7) is 8.53. The van der Waals surface area contributed by atoms with Crippen molar-refractivity contribution < 1.29 is 0 Å². The van der Waals surface area contributed by atoms with Crippen LogP contribution < -0.4 is 5.32 Å². The van der Waals surface area contributed by atoms with Crippen molar-refractivity contribution in [2.45, 2.75) is 58.4 Å². The molecule has 1 unspecified atom stereocenters. The molecule has 2 rings (SSSR count). The van der Waals surface area contributed by atoms with Crippen molar-refractivity contribution in [2.75, 3.05) is 26.7 Å². The zero-order valence-electron chi connectivity index (χ0n) is 12.0. The topological polar surface area (TPSA) is 15.3 Å². The van der Waals surface area contributed by atoms with Crippen LogP contribution in [0.5, 0.6) is 0 Å². The lowest BCUT2D eigenvalue weighted by Gasteiger charge is -2.36. The van der Waals surface area contributed by atoms with Crippen LogP contribution in [0.2, 0.25) is 0 Å². The molecule has 0 aromatic carbocycles. The third-order valence-corrected chi connectivity index (χ3v) is 4.64. The fourth-order valence-corrected chi connectivity index (χ4v) is 4.01. The molecule has 1 aliphatic carbocycles. The Morgan fingerprint density at radius 2 is 1.82 bits per heavy atom. The average molecular weight is 238 g/mol. The summed E-state index contributed by atoms with van der Waals surface area (Å²) in [5.74, 6) is 1.02. The van der Waals surface area contributed by atoms with Crippen LogP contribution in [0.3, 0.4) is 0 Å². The van der Waals surface area contributed by atoms with E-state index in [4.69, 9.17) is 0 Å². The van der Waals surface area contributed by atoms with Gasteiger partial charge in [-0.3, -0.25) is 4.90 Å². The average Bonchev–Trinajstić information content (AvgIpc) is 2.85. The van der Waals surface area contributed by atoms with Gasteiger partial charge in [-0.05, 0) is 50.6 Å². The molecule has 0 radical (unpaired) electrons. The molecule has 1 heterocycles. The highest BCUT2D eigenvalue weighted by molar-refractivity contribution is 4.90. The Bertz CT molecular complexity index is 231. The van der Waals surface area contributed by atoms with Crippen molar-refractivity contribution in [3.8, 4) is 0 Å². The third kappa shape index (κ3) is 3.45. The lowest BCUT2D eigenvalue weighted by Crippen LogP contribution is -2.43. The second-order valence-corrected chi connectivity index (χ2v) is 6.92. The minimum absolute atomic E-state index is 0.413. The number of hydrogen-bond donors (Lipinski definition) is 1. The summed E-state index contributed by atoms with van der Waals surface area (Å²) < 4.78 is 0. The van der Waals surface area contributed by atoms with Gasteiger partial charge in [0.15, 0.2) is 0 Å². The fraction of sp³-hybridized carbons (Fsp3) is 1.00. The molecule has 1 N–H and O–H groups in total. The van der Waals surface area contributed by atoms with E-state index >= 15 is 0 Å². The van der Waals surface area contributed by atoms with Crippen LogP contribution in [0.15, 0.2) is 0 Å². The van der Waals surface area contributed by atoms with Crippen LogP contribution in [0.1, 0.15) is 52.4 Å². The molecule has 0 bridgehead atoms. The van der Waals surface area contributed by atoms with Crippen molar-refractivity contribution in [3.05, 3.63) is 0 Å². The largest absolute Gasteiger partial charge is 0.319 e. The third-order valence-electron chi connectivity index (χ3n) is 4.64. The van der Waals surface area contributed by atoms with E-state index in [0.29, 0.717) is 5.41 Å². The van der Waals surface area contributed by atoms with Gasteiger partial charge in [-0.25, -0.2) is 0 Å². The van der Waals surface area contributed by atoms with E-state index < -0.39 is 0 Å². The fourth-order valence-electron chi connectivity index (χ4n) is 4.01. The summed E-state index contributed by atoms with van der Waals surface area (Å²) in [5.41, 5.74) is 0.413. The molecule has 0 spiro atoms. The molecule has 17 heavy (non-hydrogen) atoms. The first-order chi connectivity index (χ1) is 8.12. The van der Waals surface area contributed by atoms with Crippen LogP contribution in [-0.2, 0) is 0 Å². The predicted octanol–water partition coefficient (Wildman–Crippen LogP) is 2.89. The Labute approximate surface area is 107 Å². The van der Waals surface area contributed by atoms with Gasteiger partial charge in [0.05, 0.1) is 0 Å². The lowest BCUT2D eigenvalue weighted by atomic mass is 9.90. The van der Waals surface area contributed by atoms with E-state index in [1.165, 1.54) is 51.6 Å². The Hall–Kier alpha value is -0.0800. The first kappa shape index (κ1) is 13.4. The maximum absolute atomic E-state index is 3.34. The Morgan fingerprint density at radius 1 is 1.12 bits per heavy atom. The quantitative estimate of drug-likeness (QED) is 0.792. The minimum atomic E-state index is 0.413. The molecule has 1 saturated heterocycles. The van der Waals surface area contributed by atoms with Crippen LogP contribution >= 0.6 is 0 Å².